The van der Waals surface area contributed by atoms with Crippen LogP contribution in [0.25, 0.3) is 0 Å². The van der Waals surface area contributed by atoms with E-state index < -0.39 is 0 Å². The summed E-state index contributed by atoms with van der Waals surface area (Å²) in [6, 6.07) is 0. The van der Waals surface area contributed by atoms with Gasteiger partial charge in [-0.05, 0) is 42.6 Å². The number of hydrogen-bond acceptors (Lipinski definition) is 2. The van der Waals surface area contributed by atoms with Gasteiger partial charge in [-0.15, -0.1) is 11.6 Å². The van der Waals surface area contributed by atoms with E-state index in [9.17, 15) is 4.79 Å². The second kappa shape index (κ2) is 6.33. The molecule has 2 fully saturated rings. The summed E-state index contributed by atoms with van der Waals surface area (Å²) >= 11 is 8.27. The van der Waals surface area contributed by atoms with Crippen LogP contribution in [0, 0.1) is 11.8 Å². The molecule has 2 unspecified atom stereocenters. The molecule has 0 spiro atoms. The SMILES string of the molecule is CC1CCN(C(=O)CC2CCSCC2)CC1Cl. The number of hydrogen-bond donors (Lipinski definition) is 0. The van der Waals surface area contributed by atoms with Crippen molar-refractivity contribution in [3.63, 3.8) is 0 Å². The summed E-state index contributed by atoms with van der Waals surface area (Å²) in [6.07, 6.45) is 4.23. The Hall–Kier alpha value is 0.110. The normalized spacial score (nSPS) is 31.5. The van der Waals surface area contributed by atoms with E-state index in [2.05, 4.69) is 6.92 Å². The number of thioether (sulfide) groups is 1. The number of piperidine rings is 1. The maximum absolute atomic E-state index is 12.2. The first-order chi connectivity index (χ1) is 8.16. The predicted octanol–water partition coefficient (Wildman–Crippen LogP) is 3.00. The van der Waals surface area contributed by atoms with Crippen LogP contribution in [0.5, 0.6) is 0 Å². The van der Waals surface area contributed by atoms with E-state index in [1.54, 1.807) is 0 Å². The first-order valence-electron chi connectivity index (χ1n) is 6.66. The molecule has 17 heavy (non-hydrogen) atoms. The fraction of sp³-hybridized carbons (Fsp3) is 0.923. The smallest absolute Gasteiger partial charge is 0.222 e. The van der Waals surface area contributed by atoms with Gasteiger partial charge in [-0.25, -0.2) is 0 Å². The van der Waals surface area contributed by atoms with Crippen LogP contribution in [0.15, 0.2) is 0 Å². The number of nitrogens with zero attached hydrogens (tertiary/aromatic N) is 1. The summed E-state index contributed by atoms with van der Waals surface area (Å²) in [5.41, 5.74) is 0. The summed E-state index contributed by atoms with van der Waals surface area (Å²) < 4.78 is 0. The molecule has 0 N–H and O–H groups in total. The van der Waals surface area contributed by atoms with Crippen LogP contribution in [0.4, 0.5) is 0 Å². The van der Waals surface area contributed by atoms with Crippen molar-refractivity contribution in [1.82, 2.24) is 4.90 Å². The van der Waals surface area contributed by atoms with Crippen molar-refractivity contribution in [2.75, 3.05) is 24.6 Å². The number of alkyl halides is 1. The number of carbonyl (C=O) groups is 1. The van der Waals surface area contributed by atoms with Crippen LogP contribution in [0.3, 0.4) is 0 Å². The molecule has 2 aliphatic rings. The van der Waals surface area contributed by atoms with Gasteiger partial charge in [0.05, 0.1) is 5.38 Å². The van der Waals surface area contributed by atoms with Crippen molar-refractivity contribution in [3.05, 3.63) is 0 Å². The molecule has 2 atom stereocenters. The second-order valence-electron chi connectivity index (χ2n) is 5.38. The van der Waals surface area contributed by atoms with Crippen molar-refractivity contribution in [1.29, 1.82) is 0 Å². The molecule has 0 aromatic heterocycles. The molecule has 98 valence electrons. The van der Waals surface area contributed by atoms with Crippen LogP contribution < -0.4 is 0 Å². The van der Waals surface area contributed by atoms with Gasteiger partial charge < -0.3 is 4.90 Å². The summed E-state index contributed by atoms with van der Waals surface area (Å²) in [6.45, 7) is 3.84. The molecule has 2 rings (SSSR count). The minimum Gasteiger partial charge on any atom is -0.341 e. The maximum atomic E-state index is 12.2. The van der Waals surface area contributed by atoms with E-state index in [0.717, 1.165) is 25.9 Å². The highest BCUT2D eigenvalue weighted by molar-refractivity contribution is 7.99. The van der Waals surface area contributed by atoms with E-state index in [1.807, 2.05) is 16.7 Å². The number of halogens is 1. The molecule has 2 heterocycles. The maximum Gasteiger partial charge on any atom is 0.222 e. The van der Waals surface area contributed by atoms with Crippen molar-refractivity contribution in [2.24, 2.45) is 11.8 Å². The minimum atomic E-state index is 0.148. The van der Waals surface area contributed by atoms with Gasteiger partial charge in [-0.1, -0.05) is 6.92 Å². The molecular formula is C13H22ClNOS. The van der Waals surface area contributed by atoms with E-state index in [0.29, 0.717) is 17.7 Å². The van der Waals surface area contributed by atoms with Gasteiger partial charge in [-0.3, -0.25) is 4.79 Å². The average molecular weight is 276 g/mol. The highest BCUT2D eigenvalue weighted by Crippen LogP contribution is 2.27. The Labute approximate surface area is 113 Å². The summed E-state index contributed by atoms with van der Waals surface area (Å²) in [5.74, 6) is 3.96. The van der Waals surface area contributed by atoms with Crippen LogP contribution >= 0.6 is 23.4 Å². The Bertz CT molecular complexity index is 268. The molecule has 0 saturated carbocycles. The van der Waals surface area contributed by atoms with Gasteiger partial charge in [0, 0.05) is 19.5 Å². The van der Waals surface area contributed by atoms with Crippen molar-refractivity contribution >= 4 is 29.3 Å². The number of likely N-dealkylation sites (tertiary alicyclic amines) is 1. The second-order valence-corrected chi connectivity index (χ2v) is 7.17. The highest BCUT2D eigenvalue weighted by atomic mass is 35.5. The Morgan fingerprint density at radius 3 is 2.71 bits per heavy atom. The fourth-order valence-corrected chi connectivity index (χ4v) is 4.07. The lowest BCUT2D eigenvalue weighted by Crippen LogP contribution is -2.44. The van der Waals surface area contributed by atoms with Gasteiger partial charge in [0.1, 0.15) is 0 Å². The standard InChI is InChI=1S/C13H22ClNOS/c1-10-2-5-15(9-12(10)14)13(16)8-11-3-6-17-7-4-11/h10-12H,2-9H2,1H3. The van der Waals surface area contributed by atoms with Gasteiger partial charge in [0.15, 0.2) is 0 Å². The molecule has 2 nitrogen and oxygen atoms in total. The molecule has 1 amide bonds. The third-order valence-corrected chi connectivity index (χ3v) is 5.64. The van der Waals surface area contributed by atoms with Gasteiger partial charge in [0.25, 0.3) is 0 Å². The van der Waals surface area contributed by atoms with Crippen LogP contribution in [-0.4, -0.2) is 40.8 Å². The number of carbonyl (C=O) groups excluding carboxylic acids is 1. The zero-order chi connectivity index (χ0) is 12.3. The summed E-state index contributed by atoms with van der Waals surface area (Å²) in [4.78, 5) is 14.2. The van der Waals surface area contributed by atoms with Crippen molar-refractivity contribution in [3.8, 4) is 0 Å². The van der Waals surface area contributed by atoms with Gasteiger partial charge in [0.2, 0.25) is 5.91 Å². The van der Waals surface area contributed by atoms with Gasteiger partial charge in [-0.2, -0.15) is 11.8 Å². The zero-order valence-electron chi connectivity index (χ0n) is 10.5. The van der Waals surface area contributed by atoms with Crippen molar-refractivity contribution < 1.29 is 4.79 Å². The lowest BCUT2D eigenvalue weighted by Gasteiger charge is -2.35. The monoisotopic (exact) mass is 275 g/mol. The third kappa shape index (κ3) is 3.78. The Balaban J connectivity index is 1.79. The molecule has 0 aromatic carbocycles. The topological polar surface area (TPSA) is 20.3 Å². The third-order valence-electron chi connectivity index (χ3n) is 4.02. The average Bonchev–Trinajstić information content (AvgIpc) is 2.34. The zero-order valence-corrected chi connectivity index (χ0v) is 12.1. The van der Waals surface area contributed by atoms with E-state index in [1.165, 1.54) is 24.3 Å². The lowest BCUT2D eigenvalue weighted by atomic mass is 9.95. The van der Waals surface area contributed by atoms with E-state index in [-0.39, 0.29) is 5.38 Å². The molecule has 0 radical (unpaired) electrons. The minimum absolute atomic E-state index is 0.148. The molecule has 0 bridgehead atoms. The molecule has 0 aliphatic carbocycles. The molecule has 2 aliphatic heterocycles. The quantitative estimate of drug-likeness (QED) is 0.722. The van der Waals surface area contributed by atoms with Crippen molar-refractivity contribution in [2.45, 2.75) is 38.0 Å². The fourth-order valence-electron chi connectivity index (χ4n) is 2.58. The molecule has 0 aromatic rings. The van der Waals surface area contributed by atoms with Crippen LogP contribution in [0.2, 0.25) is 0 Å². The molecule has 4 heteroatoms. The largest absolute Gasteiger partial charge is 0.341 e. The van der Waals surface area contributed by atoms with Crippen LogP contribution in [0.1, 0.15) is 32.6 Å². The highest BCUT2D eigenvalue weighted by Gasteiger charge is 2.28. The van der Waals surface area contributed by atoms with E-state index in [4.69, 9.17) is 11.6 Å². The Morgan fingerprint density at radius 2 is 2.06 bits per heavy atom. The number of rotatable bonds is 2. The molecule has 2 saturated heterocycles. The lowest BCUT2D eigenvalue weighted by molar-refractivity contribution is -0.133. The first-order valence-corrected chi connectivity index (χ1v) is 8.25. The Kier molecular flexibility index (Phi) is 5.04. The van der Waals surface area contributed by atoms with Crippen LogP contribution in [-0.2, 0) is 4.79 Å². The van der Waals surface area contributed by atoms with Gasteiger partial charge >= 0.3 is 0 Å². The first kappa shape index (κ1) is 13.5. The Morgan fingerprint density at radius 1 is 1.35 bits per heavy atom. The summed E-state index contributed by atoms with van der Waals surface area (Å²) in [7, 11) is 0. The van der Waals surface area contributed by atoms with E-state index >= 15 is 0 Å². The molecular weight excluding hydrogens is 254 g/mol. The predicted molar refractivity (Wildman–Crippen MR) is 74.7 cm³/mol. The number of amides is 1. The summed E-state index contributed by atoms with van der Waals surface area (Å²) in [5, 5.41) is 0.148.